The van der Waals surface area contributed by atoms with E-state index in [0.717, 1.165) is 31.7 Å². The maximum atomic E-state index is 11.9. The minimum atomic E-state index is 0.0371. The Hall–Kier alpha value is -1.99. The first-order valence-electron chi connectivity index (χ1n) is 7.86. The third-order valence-corrected chi connectivity index (χ3v) is 4.77. The molecule has 0 spiro atoms. The van der Waals surface area contributed by atoms with Crippen LogP contribution in [0.5, 0.6) is 0 Å². The summed E-state index contributed by atoms with van der Waals surface area (Å²) in [6.45, 7) is 2.80. The molecule has 0 saturated carbocycles. The first-order valence-corrected chi connectivity index (χ1v) is 8.74. The van der Waals surface area contributed by atoms with E-state index in [0.29, 0.717) is 19.1 Å². The second kappa shape index (κ2) is 8.03. The number of aromatic nitrogens is 2. The molecule has 1 fully saturated rings. The molecular weight excluding hydrogens is 310 g/mol. The molecular formula is C16H21N5OS. The fraction of sp³-hybridized carbons (Fsp3) is 0.438. The average Bonchev–Trinajstić information content (AvgIpc) is 3.13. The summed E-state index contributed by atoms with van der Waals surface area (Å²) in [6, 6.07) is 8.20. The number of rotatable bonds is 6. The van der Waals surface area contributed by atoms with Crippen LogP contribution in [0.25, 0.3) is 0 Å². The number of nitrogens with zero attached hydrogens (tertiary/aromatic N) is 3. The van der Waals surface area contributed by atoms with Gasteiger partial charge in [0.05, 0.1) is 13.1 Å². The van der Waals surface area contributed by atoms with Crippen molar-refractivity contribution in [1.29, 1.82) is 0 Å². The Morgan fingerprint density at radius 3 is 3.13 bits per heavy atom. The quantitative estimate of drug-likeness (QED) is 0.838. The molecule has 6 nitrogen and oxygen atoms in total. The minimum absolute atomic E-state index is 0.0371. The molecule has 1 aliphatic heterocycles. The van der Waals surface area contributed by atoms with E-state index >= 15 is 0 Å². The van der Waals surface area contributed by atoms with Crippen LogP contribution in [0.2, 0.25) is 0 Å². The lowest BCUT2D eigenvalue weighted by Crippen LogP contribution is -2.48. The maximum Gasteiger partial charge on any atom is 0.234 e. The summed E-state index contributed by atoms with van der Waals surface area (Å²) in [4.78, 5) is 15.3. The number of nitrogens with one attached hydrogen (secondary N) is 2. The number of carbonyl (C=O) groups excluding carboxylic acids is 1. The highest BCUT2D eigenvalue weighted by Crippen LogP contribution is 2.16. The van der Waals surface area contributed by atoms with Gasteiger partial charge in [0.15, 0.2) is 5.82 Å². The maximum absolute atomic E-state index is 11.9. The predicted molar refractivity (Wildman–Crippen MR) is 91.4 cm³/mol. The van der Waals surface area contributed by atoms with Gasteiger partial charge in [-0.05, 0) is 36.4 Å². The van der Waals surface area contributed by atoms with Gasteiger partial charge in [-0.2, -0.15) is 5.10 Å². The average molecular weight is 331 g/mol. The molecule has 1 amide bonds. The van der Waals surface area contributed by atoms with Crippen LogP contribution >= 0.6 is 11.3 Å². The van der Waals surface area contributed by atoms with Crippen LogP contribution in [-0.2, 0) is 11.3 Å². The lowest BCUT2D eigenvalue weighted by Gasteiger charge is -2.33. The molecule has 0 bridgehead atoms. The van der Waals surface area contributed by atoms with Gasteiger partial charge in [-0.1, -0.05) is 6.07 Å². The third kappa shape index (κ3) is 4.74. The van der Waals surface area contributed by atoms with Crippen LogP contribution < -0.4 is 15.5 Å². The van der Waals surface area contributed by atoms with E-state index in [4.69, 9.17) is 0 Å². The number of amides is 1. The molecule has 1 atom stereocenters. The van der Waals surface area contributed by atoms with Crippen molar-refractivity contribution in [2.45, 2.75) is 25.4 Å². The molecule has 23 heavy (non-hydrogen) atoms. The molecule has 2 N–H and O–H groups in total. The molecule has 7 heteroatoms. The number of carbonyl (C=O) groups is 1. The van der Waals surface area contributed by atoms with Gasteiger partial charge < -0.3 is 15.5 Å². The second-order valence-corrected chi connectivity index (χ2v) is 6.64. The van der Waals surface area contributed by atoms with Crippen LogP contribution in [0.1, 0.15) is 17.7 Å². The Labute approximate surface area is 139 Å². The zero-order chi connectivity index (χ0) is 15.9. The van der Waals surface area contributed by atoms with E-state index in [9.17, 15) is 4.79 Å². The van der Waals surface area contributed by atoms with Gasteiger partial charge in [-0.15, -0.1) is 16.4 Å². The normalized spacial score (nSPS) is 17.9. The van der Waals surface area contributed by atoms with Crippen LogP contribution in [0.4, 0.5) is 5.82 Å². The van der Waals surface area contributed by atoms with E-state index in [-0.39, 0.29) is 5.91 Å². The molecule has 1 aliphatic rings. The zero-order valence-corrected chi connectivity index (χ0v) is 13.8. The van der Waals surface area contributed by atoms with E-state index in [1.165, 1.54) is 4.88 Å². The highest BCUT2D eigenvalue weighted by molar-refractivity contribution is 7.09. The van der Waals surface area contributed by atoms with Crippen molar-refractivity contribution in [3.63, 3.8) is 0 Å². The highest BCUT2D eigenvalue weighted by atomic mass is 32.1. The summed E-state index contributed by atoms with van der Waals surface area (Å²) < 4.78 is 0. The number of hydrogen-bond donors (Lipinski definition) is 2. The van der Waals surface area contributed by atoms with Crippen molar-refractivity contribution >= 4 is 23.1 Å². The van der Waals surface area contributed by atoms with Gasteiger partial charge in [-0.25, -0.2) is 0 Å². The fourth-order valence-electron chi connectivity index (χ4n) is 2.71. The Balaban J connectivity index is 1.42. The lowest BCUT2D eigenvalue weighted by atomic mass is 10.1. The molecule has 1 saturated heterocycles. The number of thiophene rings is 1. The first-order chi connectivity index (χ1) is 11.3. The molecule has 2 aromatic heterocycles. The lowest BCUT2D eigenvalue weighted by molar-refractivity contribution is -0.120. The fourth-order valence-corrected chi connectivity index (χ4v) is 3.36. The Morgan fingerprint density at radius 2 is 2.35 bits per heavy atom. The van der Waals surface area contributed by atoms with Crippen molar-refractivity contribution in [2.24, 2.45) is 0 Å². The number of hydrogen-bond acceptors (Lipinski definition) is 6. The van der Waals surface area contributed by atoms with Gasteiger partial charge in [0.25, 0.3) is 0 Å². The monoisotopic (exact) mass is 331 g/mol. The summed E-state index contributed by atoms with van der Waals surface area (Å²) in [5.41, 5.74) is 0. The van der Waals surface area contributed by atoms with E-state index in [1.807, 2.05) is 29.6 Å². The molecule has 0 unspecified atom stereocenters. The Morgan fingerprint density at radius 1 is 1.39 bits per heavy atom. The standard InChI is InChI=1S/C16H21N5OS/c22-16(18-10-14-5-3-9-23-14)11-17-13-4-2-8-21(12-13)15-6-1-7-19-20-15/h1,3,5-7,9,13,17H,2,4,8,10-12H2,(H,18,22)/t13-/m0/s1. The van der Waals surface area contributed by atoms with Gasteiger partial charge >= 0.3 is 0 Å². The van der Waals surface area contributed by atoms with E-state index in [1.54, 1.807) is 17.5 Å². The van der Waals surface area contributed by atoms with Gasteiger partial charge in [0, 0.05) is 30.2 Å². The molecule has 2 aromatic rings. The molecule has 0 radical (unpaired) electrons. The van der Waals surface area contributed by atoms with Crippen LogP contribution in [0.3, 0.4) is 0 Å². The Bertz CT molecular complexity index is 604. The van der Waals surface area contributed by atoms with Crippen molar-refractivity contribution < 1.29 is 4.79 Å². The topological polar surface area (TPSA) is 70.2 Å². The third-order valence-electron chi connectivity index (χ3n) is 3.89. The number of piperidine rings is 1. The smallest absolute Gasteiger partial charge is 0.234 e. The zero-order valence-electron chi connectivity index (χ0n) is 12.9. The summed E-state index contributed by atoms with van der Waals surface area (Å²) in [5.74, 6) is 0.941. The van der Waals surface area contributed by atoms with Gasteiger partial charge in [0.2, 0.25) is 5.91 Å². The largest absolute Gasteiger partial charge is 0.354 e. The van der Waals surface area contributed by atoms with Gasteiger partial charge in [-0.3, -0.25) is 4.79 Å². The molecule has 0 aliphatic carbocycles. The van der Waals surface area contributed by atoms with Crippen LogP contribution in [-0.4, -0.2) is 41.8 Å². The first kappa shape index (κ1) is 15.9. The van der Waals surface area contributed by atoms with E-state index < -0.39 is 0 Å². The summed E-state index contributed by atoms with van der Waals surface area (Å²) in [5, 5.41) is 16.4. The Kier molecular flexibility index (Phi) is 5.55. The van der Waals surface area contributed by atoms with Crippen LogP contribution in [0, 0.1) is 0 Å². The van der Waals surface area contributed by atoms with Crippen molar-refractivity contribution in [3.8, 4) is 0 Å². The van der Waals surface area contributed by atoms with Crippen molar-refractivity contribution in [2.75, 3.05) is 24.5 Å². The predicted octanol–water partition coefficient (Wildman–Crippen LogP) is 1.41. The molecule has 122 valence electrons. The summed E-state index contributed by atoms with van der Waals surface area (Å²) in [7, 11) is 0. The molecule has 3 heterocycles. The summed E-state index contributed by atoms with van der Waals surface area (Å²) in [6.07, 6.45) is 3.85. The SMILES string of the molecule is O=C(CN[C@H]1CCCN(c2cccnn2)C1)NCc1cccs1. The second-order valence-electron chi connectivity index (χ2n) is 5.60. The highest BCUT2D eigenvalue weighted by Gasteiger charge is 2.21. The van der Waals surface area contributed by atoms with Gasteiger partial charge in [0.1, 0.15) is 0 Å². The molecule has 0 aromatic carbocycles. The summed E-state index contributed by atoms with van der Waals surface area (Å²) >= 11 is 1.65. The van der Waals surface area contributed by atoms with Crippen molar-refractivity contribution in [3.05, 3.63) is 40.7 Å². The van der Waals surface area contributed by atoms with E-state index in [2.05, 4.69) is 25.7 Å². The number of anilines is 1. The van der Waals surface area contributed by atoms with Crippen LogP contribution in [0.15, 0.2) is 35.8 Å². The minimum Gasteiger partial charge on any atom is -0.354 e. The van der Waals surface area contributed by atoms with Crippen molar-refractivity contribution in [1.82, 2.24) is 20.8 Å². The molecule has 3 rings (SSSR count).